The molecule has 0 amide bonds. The number of rotatable bonds is 8. The van der Waals surface area contributed by atoms with Crippen LogP contribution in [0.4, 0.5) is 26.7 Å². The van der Waals surface area contributed by atoms with Crippen molar-refractivity contribution in [1.82, 2.24) is 4.90 Å². The first kappa shape index (κ1) is 23.6. The molecule has 32 heavy (non-hydrogen) atoms. The van der Waals surface area contributed by atoms with Gasteiger partial charge in [-0.05, 0) is 42.0 Å². The van der Waals surface area contributed by atoms with Crippen molar-refractivity contribution in [3.63, 3.8) is 0 Å². The molecule has 1 heterocycles. The van der Waals surface area contributed by atoms with Gasteiger partial charge in [-0.2, -0.15) is 0 Å². The fourth-order valence-corrected chi connectivity index (χ4v) is 4.15. The van der Waals surface area contributed by atoms with Gasteiger partial charge in [0.05, 0.1) is 0 Å². The van der Waals surface area contributed by atoms with Gasteiger partial charge in [-0.1, -0.05) is 18.2 Å². The van der Waals surface area contributed by atoms with E-state index in [-0.39, 0.29) is 18.1 Å². The van der Waals surface area contributed by atoms with Crippen LogP contribution in [0.5, 0.6) is 0 Å². The summed E-state index contributed by atoms with van der Waals surface area (Å²) in [6.45, 7) is 0.616. The Morgan fingerprint density at radius 1 is 1.09 bits per heavy atom. The summed E-state index contributed by atoms with van der Waals surface area (Å²) in [5, 5.41) is 9.32. The molecule has 170 valence electrons. The first-order chi connectivity index (χ1) is 15.2. The van der Waals surface area contributed by atoms with Crippen molar-refractivity contribution in [2.75, 3.05) is 12.3 Å². The largest absolute Gasteiger partial charge is 0.511 e. The van der Waals surface area contributed by atoms with Crippen LogP contribution in [-0.2, 0) is 17.2 Å². The van der Waals surface area contributed by atoms with E-state index >= 15 is 0 Å². The van der Waals surface area contributed by atoms with Crippen molar-refractivity contribution in [3.05, 3.63) is 94.0 Å². The van der Waals surface area contributed by atoms with Crippen LogP contribution in [0.25, 0.3) is 0 Å². The van der Waals surface area contributed by atoms with Gasteiger partial charge < -0.3 is 14.7 Å². The number of alkyl halides is 2. The van der Waals surface area contributed by atoms with Crippen LogP contribution in [0.15, 0.2) is 65.4 Å². The Morgan fingerprint density at radius 3 is 2.47 bits per heavy atom. The van der Waals surface area contributed by atoms with E-state index in [1.54, 1.807) is 23.1 Å². The van der Waals surface area contributed by atoms with E-state index in [4.69, 9.17) is 9.84 Å². The fraction of sp³-hybridized carbons (Fsp3) is 0.227. The van der Waals surface area contributed by atoms with E-state index in [9.17, 15) is 26.7 Å². The van der Waals surface area contributed by atoms with Crippen molar-refractivity contribution in [3.8, 4) is 0 Å². The summed E-state index contributed by atoms with van der Waals surface area (Å²) >= 11 is 0.951. The monoisotopic (exact) mass is 471 g/mol. The molecule has 1 aliphatic heterocycles. The van der Waals surface area contributed by atoms with Crippen LogP contribution in [0.1, 0.15) is 17.5 Å². The van der Waals surface area contributed by atoms with Crippen molar-refractivity contribution >= 4 is 17.9 Å². The summed E-state index contributed by atoms with van der Waals surface area (Å²) in [5.41, 5.74) is 0.0706. The highest BCUT2D eigenvalue weighted by molar-refractivity contribution is 8.03. The Morgan fingerprint density at radius 2 is 1.81 bits per heavy atom. The minimum absolute atomic E-state index is 0.0213. The Hall–Kier alpha value is -3.01. The van der Waals surface area contributed by atoms with Gasteiger partial charge in [0.15, 0.2) is 17.4 Å². The summed E-state index contributed by atoms with van der Waals surface area (Å²) in [7, 11) is 0. The third-order valence-corrected chi connectivity index (χ3v) is 5.71. The number of allylic oxidation sites excluding steroid dienone is 1. The van der Waals surface area contributed by atoms with Crippen LogP contribution >= 0.6 is 11.8 Å². The van der Waals surface area contributed by atoms with Crippen LogP contribution in [-0.4, -0.2) is 28.5 Å². The fourth-order valence-electron chi connectivity index (χ4n) is 3.02. The van der Waals surface area contributed by atoms with E-state index in [1.165, 1.54) is 18.2 Å². The second-order valence-electron chi connectivity index (χ2n) is 6.88. The number of hydrogen-bond acceptors (Lipinski definition) is 4. The second-order valence-corrected chi connectivity index (χ2v) is 7.96. The Labute approximate surface area is 185 Å². The number of nitrogens with zero attached hydrogens (tertiary/aromatic N) is 1. The molecule has 0 fully saturated rings. The lowest BCUT2D eigenvalue weighted by atomic mass is 10.1. The quantitative estimate of drug-likeness (QED) is 0.364. The van der Waals surface area contributed by atoms with Crippen LogP contribution < -0.4 is 0 Å². The number of thioether (sulfide) groups is 1. The first-order valence-corrected chi connectivity index (χ1v) is 10.4. The van der Waals surface area contributed by atoms with Gasteiger partial charge in [-0.15, -0.1) is 11.8 Å². The Balaban J connectivity index is 1.75. The lowest BCUT2D eigenvalue weighted by Gasteiger charge is -2.30. The zero-order valence-corrected chi connectivity index (χ0v) is 17.4. The predicted octanol–water partition coefficient (Wildman–Crippen LogP) is 6.25. The summed E-state index contributed by atoms with van der Waals surface area (Å²) in [6, 6.07) is 7.61. The summed E-state index contributed by atoms with van der Waals surface area (Å²) in [6.07, 6.45) is 0.826. The SMILES string of the molecule is O=C(O)OC1=C(SCCC(F)(F)c2ccc(F)c(F)c2)N(Cc2ccc(F)cc2)CC=C1. The lowest BCUT2D eigenvalue weighted by molar-refractivity contribution is -0.00741. The average Bonchev–Trinajstić information content (AvgIpc) is 2.73. The van der Waals surface area contributed by atoms with Crippen LogP contribution in [0, 0.1) is 17.5 Å². The minimum Gasteiger partial charge on any atom is -0.449 e. The number of hydrogen-bond donors (Lipinski definition) is 1. The van der Waals surface area contributed by atoms with Gasteiger partial charge in [-0.25, -0.2) is 26.7 Å². The molecule has 0 bridgehead atoms. The molecule has 0 radical (unpaired) electrons. The zero-order valence-electron chi connectivity index (χ0n) is 16.5. The third kappa shape index (κ3) is 6.03. The van der Waals surface area contributed by atoms with E-state index in [1.807, 2.05) is 0 Å². The molecule has 4 nitrogen and oxygen atoms in total. The molecule has 2 aromatic carbocycles. The second kappa shape index (κ2) is 10.1. The van der Waals surface area contributed by atoms with Crippen molar-refractivity contribution in [1.29, 1.82) is 0 Å². The highest BCUT2D eigenvalue weighted by atomic mass is 32.2. The van der Waals surface area contributed by atoms with E-state index in [0.29, 0.717) is 23.7 Å². The molecular weight excluding hydrogens is 453 g/mol. The molecule has 0 aromatic heterocycles. The molecule has 0 aliphatic carbocycles. The number of halogens is 5. The number of carboxylic acid groups (broad SMARTS) is 1. The van der Waals surface area contributed by atoms with Crippen molar-refractivity contribution in [2.45, 2.75) is 18.9 Å². The van der Waals surface area contributed by atoms with E-state index in [0.717, 1.165) is 23.4 Å². The minimum atomic E-state index is -3.43. The topological polar surface area (TPSA) is 49.8 Å². The number of ether oxygens (including phenoxy) is 1. The van der Waals surface area contributed by atoms with Gasteiger partial charge in [-0.3, -0.25) is 0 Å². The molecule has 1 aliphatic rings. The van der Waals surface area contributed by atoms with Crippen LogP contribution in [0.3, 0.4) is 0 Å². The average molecular weight is 471 g/mol. The summed E-state index contributed by atoms with van der Waals surface area (Å²) in [4.78, 5) is 12.8. The lowest BCUT2D eigenvalue weighted by Crippen LogP contribution is -2.26. The molecule has 0 atom stereocenters. The van der Waals surface area contributed by atoms with Crippen molar-refractivity contribution < 1.29 is 36.6 Å². The van der Waals surface area contributed by atoms with E-state index in [2.05, 4.69) is 0 Å². The standard InChI is InChI=1S/C22H18F5NO3S/c23-16-6-3-14(4-7-16)13-28-10-1-2-19(31-21(29)30)20(28)32-11-9-22(26,27)15-5-8-17(24)18(25)12-15/h1-8,12H,9-11,13H2,(H,29,30). The number of benzene rings is 2. The van der Waals surface area contributed by atoms with Crippen LogP contribution in [0.2, 0.25) is 0 Å². The highest BCUT2D eigenvalue weighted by Crippen LogP contribution is 2.37. The predicted molar refractivity (Wildman–Crippen MR) is 109 cm³/mol. The zero-order chi connectivity index (χ0) is 23.3. The van der Waals surface area contributed by atoms with Gasteiger partial charge >= 0.3 is 6.16 Å². The first-order valence-electron chi connectivity index (χ1n) is 9.43. The Kier molecular flexibility index (Phi) is 7.44. The number of carbonyl (C=O) groups is 1. The third-order valence-electron chi connectivity index (χ3n) is 4.57. The molecule has 0 saturated heterocycles. The molecule has 0 saturated carbocycles. The van der Waals surface area contributed by atoms with Gasteiger partial charge in [0.1, 0.15) is 10.8 Å². The van der Waals surface area contributed by atoms with Crippen molar-refractivity contribution in [2.24, 2.45) is 0 Å². The van der Waals surface area contributed by atoms with Gasteiger partial charge in [0.2, 0.25) is 0 Å². The molecule has 0 spiro atoms. The summed E-state index contributed by atoms with van der Waals surface area (Å²) in [5.74, 6) is -6.61. The van der Waals surface area contributed by atoms with Gasteiger partial charge in [0.25, 0.3) is 5.92 Å². The maximum atomic E-state index is 14.5. The molecule has 2 aromatic rings. The maximum absolute atomic E-state index is 14.5. The normalized spacial score (nSPS) is 14.1. The molecule has 10 heteroatoms. The smallest absolute Gasteiger partial charge is 0.449 e. The highest BCUT2D eigenvalue weighted by Gasteiger charge is 2.32. The Bertz CT molecular complexity index is 1040. The molecular formula is C22H18F5NO3S. The summed E-state index contributed by atoms with van der Waals surface area (Å²) < 4.78 is 73.4. The molecule has 3 rings (SSSR count). The molecule has 1 N–H and O–H groups in total. The van der Waals surface area contributed by atoms with E-state index < -0.39 is 41.5 Å². The molecule has 0 unspecified atom stereocenters. The maximum Gasteiger partial charge on any atom is 0.511 e. The van der Waals surface area contributed by atoms with Gasteiger partial charge in [0, 0.05) is 30.8 Å².